The van der Waals surface area contributed by atoms with Gasteiger partial charge in [-0.1, -0.05) is 60.6 Å². The van der Waals surface area contributed by atoms with Gasteiger partial charge < -0.3 is 9.32 Å². The molecule has 1 unspecified atom stereocenters. The number of rotatable bonds is 7. The summed E-state index contributed by atoms with van der Waals surface area (Å²) in [6, 6.07) is 24.2. The minimum atomic E-state index is 0.248. The number of hydrogen-bond acceptors (Lipinski definition) is 5. The predicted molar refractivity (Wildman–Crippen MR) is 141 cm³/mol. The second kappa shape index (κ2) is 9.47. The van der Waals surface area contributed by atoms with Crippen LogP contribution in [-0.2, 0) is 11.2 Å². The second-order valence-electron chi connectivity index (χ2n) is 10.1. The van der Waals surface area contributed by atoms with Gasteiger partial charge >= 0.3 is 0 Å². The molecule has 1 atom stereocenters. The average molecular weight is 478 g/mol. The van der Waals surface area contributed by atoms with E-state index in [1.165, 1.54) is 27.8 Å². The van der Waals surface area contributed by atoms with Crippen molar-refractivity contribution in [3.8, 4) is 34.0 Å². The number of carbonyl (C=O) groups excluding carboxylic acids is 1. The van der Waals surface area contributed by atoms with Crippen LogP contribution in [0.3, 0.4) is 0 Å². The van der Waals surface area contributed by atoms with Crippen LogP contribution in [0, 0.1) is 12.8 Å². The van der Waals surface area contributed by atoms with E-state index in [1.54, 1.807) is 0 Å². The first-order chi connectivity index (χ1) is 17.6. The molecule has 4 aromatic rings. The first kappa shape index (κ1) is 22.9. The van der Waals surface area contributed by atoms with Crippen molar-refractivity contribution in [1.29, 1.82) is 0 Å². The van der Waals surface area contributed by atoms with Gasteiger partial charge in [-0.2, -0.15) is 4.98 Å². The average Bonchev–Trinajstić information content (AvgIpc) is 3.54. The zero-order valence-electron chi connectivity index (χ0n) is 20.9. The van der Waals surface area contributed by atoms with Crippen LogP contribution in [0.15, 0.2) is 71.3 Å². The zero-order chi connectivity index (χ0) is 24.6. The molecule has 0 saturated heterocycles. The topological polar surface area (TPSA) is 59.2 Å². The molecular weight excluding hydrogens is 446 g/mol. The van der Waals surface area contributed by atoms with Gasteiger partial charge in [-0.25, -0.2) is 0 Å². The first-order valence-corrected chi connectivity index (χ1v) is 13.0. The van der Waals surface area contributed by atoms with Crippen molar-refractivity contribution < 1.29 is 9.32 Å². The zero-order valence-corrected chi connectivity index (χ0v) is 20.9. The number of aldehydes is 1. The molecule has 36 heavy (non-hydrogen) atoms. The molecule has 0 spiro atoms. The van der Waals surface area contributed by atoms with Crippen molar-refractivity contribution in [2.75, 3.05) is 6.54 Å². The quantitative estimate of drug-likeness (QED) is 0.278. The molecule has 1 aromatic heterocycles. The van der Waals surface area contributed by atoms with Crippen molar-refractivity contribution >= 4 is 6.29 Å². The fourth-order valence-electron chi connectivity index (χ4n) is 6.02. The van der Waals surface area contributed by atoms with Gasteiger partial charge in [0, 0.05) is 29.1 Å². The van der Waals surface area contributed by atoms with Gasteiger partial charge in [0.1, 0.15) is 6.29 Å². The number of benzene rings is 3. The molecule has 182 valence electrons. The van der Waals surface area contributed by atoms with Crippen LogP contribution >= 0.6 is 0 Å². The second-order valence-corrected chi connectivity index (χ2v) is 10.1. The molecule has 3 aromatic carbocycles. The highest BCUT2D eigenvalue weighted by atomic mass is 16.5. The molecule has 1 saturated carbocycles. The van der Waals surface area contributed by atoms with E-state index in [1.807, 2.05) is 6.07 Å². The van der Waals surface area contributed by atoms with Crippen LogP contribution in [0.4, 0.5) is 0 Å². The maximum absolute atomic E-state index is 11.1. The number of nitrogens with zero attached hydrogens (tertiary/aromatic N) is 3. The highest BCUT2D eigenvalue weighted by molar-refractivity contribution is 5.71. The highest BCUT2D eigenvalue weighted by Crippen LogP contribution is 2.42. The lowest BCUT2D eigenvalue weighted by Crippen LogP contribution is -2.46. The third-order valence-corrected chi connectivity index (χ3v) is 8.01. The van der Waals surface area contributed by atoms with Crippen molar-refractivity contribution in [2.24, 2.45) is 5.92 Å². The van der Waals surface area contributed by atoms with E-state index in [4.69, 9.17) is 9.51 Å². The lowest BCUT2D eigenvalue weighted by atomic mass is 9.79. The summed E-state index contributed by atoms with van der Waals surface area (Å²) in [7, 11) is 0. The number of hydrogen-bond donors (Lipinski definition) is 0. The Balaban J connectivity index is 1.22. The maximum Gasteiger partial charge on any atom is 0.258 e. The SMILES string of the molecule is CCN(C1CC(C=O)C1)C1CCc2cc(-c3noc(-c4ccc(-c5ccccc5)c(C)c4)n3)ccc21. The smallest absolute Gasteiger partial charge is 0.258 e. The Morgan fingerprint density at radius 2 is 1.81 bits per heavy atom. The Hall–Kier alpha value is -3.57. The Labute approximate surface area is 212 Å². The van der Waals surface area contributed by atoms with Gasteiger partial charge in [0.15, 0.2) is 0 Å². The summed E-state index contributed by atoms with van der Waals surface area (Å²) in [5, 5.41) is 4.31. The summed E-state index contributed by atoms with van der Waals surface area (Å²) >= 11 is 0. The molecule has 5 heteroatoms. The van der Waals surface area contributed by atoms with Crippen molar-refractivity contribution in [3.63, 3.8) is 0 Å². The fourth-order valence-corrected chi connectivity index (χ4v) is 6.02. The summed E-state index contributed by atoms with van der Waals surface area (Å²) in [6.45, 7) is 5.36. The summed E-state index contributed by atoms with van der Waals surface area (Å²) in [5.74, 6) is 1.41. The molecule has 1 fully saturated rings. The standard InChI is InChI=1S/C31H31N3O2/c1-3-34(26-16-21(17-26)19-35)29-14-11-23-18-24(9-13-28(23)29)30-32-31(36-33-30)25-10-12-27(20(2)15-25)22-7-5-4-6-8-22/h4-10,12-13,15,18-19,21,26,29H,3,11,14,16-17H2,1-2H3. The van der Waals surface area contributed by atoms with E-state index in [2.05, 4.69) is 84.6 Å². The molecule has 1 heterocycles. The molecule has 0 amide bonds. The summed E-state index contributed by atoms with van der Waals surface area (Å²) in [5.41, 5.74) is 8.29. The van der Waals surface area contributed by atoms with Crippen LogP contribution in [0.1, 0.15) is 48.9 Å². The molecule has 2 aliphatic carbocycles. The van der Waals surface area contributed by atoms with Crippen molar-refractivity contribution in [1.82, 2.24) is 15.0 Å². The Morgan fingerprint density at radius 1 is 1.00 bits per heavy atom. The van der Waals surface area contributed by atoms with Gasteiger partial charge in [0.2, 0.25) is 5.82 Å². The third-order valence-electron chi connectivity index (χ3n) is 8.01. The summed E-state index contributed by atoms with van der Waals surface area (Å²) < 4.78 is 5.68. The van der Waals surface area contributed by atoms with Gasteiger partial charge in [-0.05, 0) is 85.2 Å². The van der Waals surface area contributed by atoms with Crippen LogP contribution in [-0.4, -0.2) is 33.9 Å². The van der Waals surface area contributed by atoms with Crippen LogP contribution in [0.25, 0.3) is 34.0 Å². The first-order valence-electron chi connectivity index (χ1n) is 13.0. The molecule has 2 aliphatic rings. The monoisotopic (exact) mass is 477 g/mol. The van der Waals surface area contributed by atoms with E-state index in [0.717, 1.165) is 49.6 Å². The van der Waals surface area contributed by atoms with Gasteiger partial charge in [-0.3, -0.25) is 4.90 Å². The Bertz CT molecular complexity index is 1390. The van der Waals surface area contributed by atoms with E-state index in [9.17, 15) is 4.79 Å². The Morgan fingerprint density at radius 3 is 2.56 bits per heavy atom. The number of fused-ring (bicyclic) bond motifs is 1. The van der Waals surface area contributed by atoms with E-state index < -0.39 is 0 Å². The van der Waals surface area contributed by atoms with Gasteiger partial charge in [-0.15, -0.1) is 0 Å². The van der Waals surface area contributed by atoms with Crippen molar-refractivity contribution in [2.45, 2.75) is 51.6 Å². The largest absolute Gasteiger partial charge is 0.334 e. The predicted octanol–water partition coefficient (Wildman–Crippen LogP) is 6.67. The highest BCUT2D eigenvalue weighted by Gasteiger charge is 2.38. The lowest BCUT2D eigenvalue weighted by Gasteiger charge is -2.44. The number of aromatic nitrogens is 2. The molecule has 0 aliphatic heterocycles. The fraction of sp³-hybridized carbons (Fsp3) is 0.323. The van der Waals surface area contributed by atoms with Gasteiger partial charge in [0.25, 0.3) is 5.89 Å². The lowest BCUT2D eigenvalue weighted by molar-refractivity contribution is -0.115. The third kappa shape index (κ3) is 4.07. The summed E-state index contributed by atoms with van der Waals surface area (Å²) in [4.78, 5) is 18.4. The molecule has 6 rings (SSSR count). The van der Waals surface area contributed by atoms with Crippen LogP contribution in [0.5, 0.6) is 0 Å². The molecule has 0 bridgehead atoms. The maximum atomic E-state index is 11.1. The van der Waals surface area contributed by atoms with E-state index >= 15 is 0 Å². The summed E-state index contributed by atoms with van der Waals surface area (Å²) in [6.07, 6.45) is 5.30. The van der Waals surface area contributed by atoms with Crippen molar-refractivity contribution in [3.05, 3.63) is 83.4 Å². The van der Waals surface area contributed by atoms with E-state index in [0.29, 0.717) is 23.8 Å². The minimum Gasteiger partial charge on any atom is -0.334 e. The molecule has 0 N–H and O–H groups in total. The minimum absolute atomic E-state index is 0.248. The van der Waals surface area contributed by atoms with Crippen LogP contribution < -0.4 is 0 Å². The molecule has 5 nitrogen and oxygen atoms in total. The number of aryl methyl sites for hydroxylation is 2. The number of carbonyl (C=O) groups is 1. The van der Waals surface area contributed by atoms with Crippen LogP contribution in [0.2, 0.25) is 0 Å². The van der Waals surface area contributed by atoms with Gasteiger partial charge in [0.05, 0.1) is 0 Å². The molecular formula is C31H31N3O2. The Kier molecular flexibility index (Phi) is 6.02. The van der Waals surface area contributed by atoms with E-state index in [-0.39, 0.29) is 5.92 Å². The normalized spacial score (nSPS) is 20.8. The molecule has 0 radical (unpaired) electrons.